The lowest BCUT2D eigenvalue weighted by molar-refractivity contribution is -0.140. The predicted octanol–water partition coefficient (Wildman–Crippen LogP) is 3.48. The van der Waals surface area contributed by atoms with Crippen molar-refractivity contribution in [3.8, 4) is 0 Å². The molecule has 0 spiro atoms. The van der Waals surface area contributed by atoms with Crippen LogP contribution in [0.2, 0.25) is 0 Å². The Balaban J connectivity index is 2.15. The monoisotopic (exact) mass is 347 g/mol. The van der Waals surface area contributed by atoms with Gasteiger partial charge in [-0.05, 0) is 40.3 Å². The molecule has 4 nitrogen and oxygen atoms in total. The fourth-order valence-electron chi connectivity index (χ4n) is 3.11. The maximum absolute atomic E-state index is 12.9. The first-order valence-electron chi connectivity index (χ1n) is 7.29. The molecule has 0 unspecified atom stereocenters. The van der Waals surface area contributed by atoms with Gasteiger partial charge < -0.3 is 10.0 Å². The molecule has 2 aromatic rings. The van der Waals surface area contributed by atoms with Crippen molar-refractivity contribution in [2.75, 3.05) is 18.6 Å². The summed E-state index contributed by atoms with van der Waals surface area (Å²) < 4.78 is 0. The normalized spacial score (nSPS) is 20.4. The van der Waals surface area contributed by atoms with Crippen molar-refractivity contribution in [1.29, 1.82) is 0 Å². The second-order valence-corrected chi connectivity index (χ2v) is 7.16. The molecule has 0 saturated carbocycles. The molecule has 0 aliphatic carbocycles. The third-order valence-electron chi connectivity index (χ3n) is 4.13. The van der Waals surface area contributed by atoms with Gasteiger partial charge in [0.05, 0.1) is 6.04 Å². The number of hydrogen-bond acceptors (Lipinski definition) is 4. The summed E-state index contributed by atoms with van der Waals surface area (Å²) in [6, 6.07) is 8.53. The molecule has 1 amide bonds. The minimum Gasteiger partial charge on any atom is -0.481 e. The zero-order valence-electron chi connectivity index (χ0n) is 12.6. The van der Waals surface area contributed by atoms with Gasteiger partial charge in [-0.3, -0.25) is 9.59 Å². The van der Waals surface area contributed by atoms with E-state index in [1.165, 1.54) is 11.3 Å². The number of benzene rings is 1. The topological polar surface area (TPSA) is 57.6 Å². The van der Waals surface area contributed by atoms with Crippen LogP contribution in [-0.4, -0.2) is 40.4 Å². The number of carboxylic acids is 1. The van der Waals surface area contributed by atoms with Crippen LogP contribution in [0.1, 0.15) is 33.4 Å². The van der Waals surface area contributed by atoms with Gasteiger partial charge in [0.25, 0.3) is 5.91 Å². The average molecular weight is 347 g/mol. The Morgan fingerprint density at radius 1 is 1.35 bits per heavy atom. The number of thioether (sulfide) groups is 1. The van der Waals surface area contributed by atoms with E-state index in [1.54, 1.807) is 40.9 Å². The maximum atomic E-state index is 12.9. The maximum Gasteiger partial charge on any atom is 0.313 e. The Labute approximate surface area is 143 Å². The molecule has 0 fully saturated rings. The number of carbonyl (C=O) groups excluding carboxylic acids is 1. The highest BCUT2D eigenvalue weighted by Gasteiger charge is 2.44. The molecule has 1 aliphatic rings. The number of fused-ring (bicyclic) bond motifs is 1. The van der Waals surface area contributed by atoms with E-state index in [0.29, 0.717) is 17.7 Å². The van der Waals surface area contributed by atoms with Crippen molar-refractivity contribution in [2.24, 2.45) is 0 Å². The molecule has 2 heterocycles. The molecule has 0 saturated heterocycles. The fraction of sp³-hybridized carbons (Fsp3) is 0.294. The smallest absolute Gasteiger partial charge is 0.313 e. The quantitative estimate of drug-likeness (QED) is 0.900. The third kappa shape index (κ3) is 2.88. The summed E-state index contributed by atoms with van der Waals surface area (Å²) in [6.45, 7) is 0.540. The standard InChI is InChI=1S/C17H17NO3S2/c1-22-9-7-18-15(11-6-8-23-10-11)14(17(20)21)12-4-2-3-5-13(12)16(18)19/h2-6,8,10,14-15H,7,9H2,1H3,(H,20,21)/t14-,15-/m1/s1. The fourth-order valence-corrected chi connectivity index (χ4v) is 4.18. The number of nitrogens with zero attached hydrogens (tertiary/aromatic N) is 1. The number of carboxylic acid groups (broad SMARTS) is 1. The van der Waals surface area contributed by atoms with Crippen LogP contribution < -0.4 is 0 Å². The van der Waals surface area contributed by atoms with Gasteiger partial charge in [0, 0.05) is 17.9 Å². The number of amides is 1. The summed E-state index contributed by atoms with van der Waals surface area (Å²) >= 11 is 3.17. The highest BCUT2D eigenvalue weighted by Crippen LogP contribution is 2.43. The first-order chi connectivity index (χ1) is 11.1. The molecule has 1 aromatic carbocycles. The van der Waals surface area contributed by atoms with Gasteiger partial charge in [-0.15, -0.1) is 0 Å². The van der Waals surface area contributed by atoms with Gasteiger partial charge in [0.15, 0.2) is 0 Å². The Morgan fingerprint density at radius 2 is 2.13 bits per heavy atom. The second-order valence-electron chi connectivity index (χ2n) is 5.40. The number of rotatable bonds is 5. The van der Waals surface area contributed by atoms with E-state index < -0.39 is 17.9 Å². The van der Waals surface area contributed by atoms with E-state index in [2.05, 4.69) is 0 Å². The van der Waals surface area contributed by atoms with Crippen LogP contribution in [0.3, 0.4) is 0 Å². The van der Waals surface area contributed by atoms with Crippen molar-refractivity contribution in [1.82, 2.24) is 4.90 Å². The van der Waals surface area contributed by atoms with Crippen LogP contribution in [0.5, 0.6) is 0 Å². The largest absolute Gasteiger partial charge is 0.481 e. The molecule has 0 bridgehead atoms. The van der Waals surface area contributed by atoms with Gasteiger partial charge >= 0.3 is 5.97 Å². The lowest BCUT2D eigenvalue weighted by atomic mass is 9.80. The van der Waals surface area contributed by atoms with Gasteiger partial charge in [-0.2, -0.15) is 23.1 Å². The summed E-state index contributed by atoms with van der Waals surface area (Å²) in [4.78, 5) is 26.7. The van der Waals surface area contributed by atoms with Gasteiger partial charge in [-0.1, -0.05) is 18.2 Å². The predicted molar refractivity (Wildman–Crippen MR) is 93.3 cm³/mol. The number of hydrogen-bond donors (Lipinski definition) is 1. The first kappa shape index (κ1) is 16.1. The molecule has 120 valence electrons. The SMILES string of the molecule is CSCCN1C(=O)c2ccccc2[C@@H](C(=O)O)[C@H]1c1ccsc1. The molecule has 2 atom stereocenters. The molecular weight excluding hydrogens is 330 g/mol. The Morgan fingerprint density at radius 3 is 2.78 bits per heavy atom. The molecule has 0 radical (unpaired) electrons. The van der Waals surface area contributed by atoms with Crippen molar-refractivity contribution in [2.45, 2.75) is 12.0 Å². The van der Waals surface area contributed by atoms with Crippen LogP contribution in [0.4, 0.5) is 0 Å². The van der Waals surface area contributed by atoms with E-state index in [4.69, 9.17) is 0 Å². The van der Waals surface area contributed by atoms with Crippen LogP contribution in [0, 0.1) is 0 Å². The highest BCUT2D eigenvalue weighted by atomic mass is 32.2. The zero-order chi connectivity index (χ0) is 16.4. The molecular formula is C17H17NO3S2. The summed E-state index contributed by atoms with van der Waals surface area (Å²) in [5, 5.41) is 13.7. The van der Waals surface area contributed by atoms with E-state index in [-0.39, 0.29) is 5.91 Å². The molecule has 23 heavy (non-hydrogen) atoms. The van der Waals surface area contributed by atoms with Crippen molar-refractivity contribution in [3.63, 3.8) is 0 Å². The second kappa shape index (κ2) is 6.76. The number of aliphatic carboxylic acids is 1. The minimum absolute atomic E-state index is 0.0802. The van der Waals surface area contributed by atoms with Crippen molar-refractivity contribution in [3.05, 3.63) is 57.8 Å². The Hall–Kier alpha value is -1.79. The molecule has 1 N–H and O–H groups in total. The summed E-state index contributed by atoms with van der Waals surface area (Å²) in [5.41, 5.74) is 2.01. The van der Waals surface area contributed by atoms with E-state index in [0.717, 1.165) is 11.3 Å². The zero-order valence-corrected chi connectivity index (χ0v) is 14.3. The average Bonchev–Trinajstić information content (AvgIpc) is 3.07. The van der Waals surface area contributed by atoms with Crippen LogP contribution in [-0.2, 0) is 4.79 Å². The van der Waals surface area contributed by atoms with Crippen molar-refractivity contribution >= 4 is 35.0 Å². The third-order valence-corrected chi connectivity index (χ3v) is 5.42. The minimum atomic E-state index is -0.893. The molecule has 6 heteroatoms. The Kier molecular flexibility index (Phi) is 4.73. The lowest BCUT2D eigenvalue weighted by Gasteiger charge is -2.40. The van der Waals surface area contributed by atoms with Crippen LogP contribution in [0.25, 0.3) is 0 Å². The van der Waals surface area contributed by atoms with Gasteiger partial charge in [0.1, 0.15) is 5.92 Å². The Bertz CT molecular complexity index is 714. The summed E-state index contributed by atoms with van der Waals surface area (Å²) in [5.74, 6) is -0.931. The van der Waals surface area contributed by atoms with Gasteiger partial charge in [-0.25, -0.2) is 0 Å². The summed E-state index contributed by atoms with van der Waals surface area (Å²) in [6.07, 6.45) is 1.98. The van der Waals surface area contributed by atoms with E-state index in [1.807, 2.05) is 23.1 Å². The molecule has 1 aromatic heterocycles. The van der Waals surface area contributed by atoms with Crippen LogP contribution in [0.15, 0.2) is 41.1 Å². The van der Waals surface area contributed by atoms with E-state index >= 15 is 0 Å². The van der Waals surface area contributed by atoms with E-state index in [9.17, 15) is 14.7 Å². The highest BCUT2D eigenvalue weighted by molar-refractivity contribution is 7.98. The lowest BCUT2D eigenvalue weighted by Crippen LogP contribution is -2.45. The molecule has 3 rings (SSSR count). The van der Waals surface area contributed by atoms with Crippen LogP contribution >= 0.6 is 23.1 Å². The summed E-state index contributed by atoms with van der Waals surface area (Å²) in [7, 11) is 0. The van der Waals surface area contributed by atoms with Crippen molar-refractivity contribution < 1.29 is 14.7 Å². The number of carbonyl (C=O) groups is 2. The van der Waals surface area contributed by atoms with Gasteiger partial charge in [0.2, 0.25) is 0 Å². The molecule has 1 aliphatic heterocycles. The first-order valence-corrected chi connectivity index (χ1v) is 9.62. The number of thiophene rings is 1.